The lowest BCUT2D eigenvalue weighted by Crippen LogP contribution is -2.23. The Balaban J connectivity index is 4.04. The van der Waals surface area contributed by atoms with Crippen LogP contribution in [0.3, 0.4) is 0 Å². The van der Waals surface area contributed by atoms with Crippen LogP contribution in [-0.4, -0.2) is 32.3 Å². The van der Waals surface area contributed by atoms with E-state index in [0.717, 1.165) is 25.0 Å². The van der Waals surface area contributed by atoms with Gasteiger partial charge in [0.15, 0.2) is 0 Å². The Morgan fingerprint density at radius 3 is 2.53 bits per heavy atom. The van der Waals surface area contributed by atoms with Crippen molar-refractivity contribution in [2.24, 2.45) is 0 Å². The van der Waals surface area contributed by atoms with E-state index in [-0.39, 0.29) is 5.73 Å². The number of carboxylic acids is 1. The number of aliphatic carboxylic acids is 1. The summed E-state index contributed by atoms with van der Waals surface area (Å²) in [4.78, 5) is 21.6. The van der Waals surface area contributed by atoms with Crippen molar-refractivity contribution in [3.63, 3.8) is 0 Å². The van der Waals surface area contributed by atoms with Crippen LogP contribution < -0.4 is 0 Å². The van der Waals surface area contributed by atoms with E-state index in [0.29, 0.717) is 0 Å². The highest BCUT2D eigenvalue weighted by molar-refractivity contribution is 6.37. The number of hydrogen-bond acceptors (Lipinski definition) is 3. The van der Waals surface area contributed by atoms with Crippen LogP contribution in [0.1, 0.15) is 39.5 Å². The largest absolute Gasteiger partial charge is 0.478 e. The maximum atomic E-state index is 11.3. The third-order valence-electron chi connectivity index (χ3n) is 2.39. The normalized spacial score (nSPS) is 13.3. The minimum Gasteiger partial charge on any atom is -0.478 e. The van der Waals surface area contributed by atoms with Crippen LogP contribution in [0.2, 0.25) is 6.04 Å². The lowest BCUT2D eigenvalue weighted by Gasteiger charge is -2.15. The lowest BCUT2D eigenvalue weighted by atomic mass is 10.3. The molecule has 0 rings (SSSR count). The van der Waals surface area contributed by atoms with Gasteiger partial charge < -0.3 is 9.84 Å². The van der Waals surface area contributed by atoms with Gasteiger partial charge in [0, 0.05) is 12.2 Å². The van der Waals surface area contributed by atoms with E-state index in [1.165, 1.54) is 18.9 Å². The molecular formula is C12H22O4Si. The Bertz CT molecular complexity index is 263. The van der Waals surface area contributed by atoms with Crippen molar-refractivity contribution in [3.8, 4) is 0 Å². The van der Waals surface area contributed by atoms with Gasteiger partial charge in [-0.2, -0.15) is 0 Å². The van der Waals surface area contributed by atoms with Gasteiger partial charge in [-0.15, -0.1) is 0 Å². The van der Waals surface area contributed by atoms with Crippen molar-refractivity contribution in [2.45, 2.75) is 51.3 Å². The van der Waals surface area contributed by atoms with E-state index < -0.39 is 21.5 Å². The van der Waals surface area contributed by atoms with Gasteiger partial charge in [-0.05, 0) is 6.42 Å². The zero-order valence-electron chi connectivity index (χ0n) is 10.6. The van der Waals surface area contributed by atoms with Crippen molar-refractivity contribution in [2.75, 3.05) is 0 Å². The highest BCUT2D eigenvalue weighted by atomic mass is 28.2. The second-order valence-electron chi connectivity index (χ2n) is 4.01. The fourth-order valence-corrected chi connectivity index (χ4v) is 3.77. The molecule has 1 unspecified atom stereocenters. The molecular weight excluding hydrogens is 236 g/mol. The summed E-state index contributed by atoms with van der Waals surface area (Å²) in [6.07, 6.45) is 6.04. The molecule has 1 N–H and O–H groups in total. The van der Waals surface area contributed by atoms with Crippen LogP contribution in [0.15, 0.2) is 12.2 Å². The molecule has 0 heterocycles. The molecule has 0 radical (unpaired) electrons. The SMILES string of the molecule is CCCC[SiH2]C(CCC)OC(=O)/C=C/C(=O)O. The number of carboxylic acid groups (broad SMARTS) is 1. The molecule has 0 bridgehead atoms. The number of hydrogen-bond donors (Lipinski definition) is 1. The summed E-state index contributed by atoms with van der Waals surface area (Å²) in [5.41, 5.74) is 0.0532. The van der Waals surface area contributed by atoms with Crippen molar-refractivity contribution >= 4 is 21.5 Å². The van der Waals surface area contributed by atoms with Gasteiger partial charge in [0.2, 0.25) is 0 Å². The average molecular weight is 258 g/mol. The van der Waals surface area contributed by atoms with Crippen LogP contribution >= 0.6 is 0 Å². The Labute approximate surface area is 105 Å². The van der Waals surface area contributed by atoms with Crippen molar-refractivity contribution in [3.05, 3.63) is 12.2 Å². The second kappa shape index (κ2) is 10.1. The van der Waals surface area contributed by atoms with Crippen molar-refractivity contribution in [1.29, 1.82) is 0 Å². The molecule has 0 aromatic heterocycles. The number of ether oxygens (including phenoxy) is 1. The maximum Gasteiger partial charge on any atom is 0.330 e. The Morgan fingerprint density at radius 1 is 1.29 bits per heavy atom. The molecule has 0 aromatic carbocycles. The quantitative estimate of drug-likeness (QED) is 0.296. The van der Waals surface area contributed by atoms with E-state index in [2.05, 4.69) is 13.8 Å². The molecule has 98 valence electrons. The summed E-state index contributed by atoms with van der Waals surface area (Å²) in [6, 6.07) is 1.18. The first-order chi connectivity index (χ1) is 8.10. The van der Waals surface area contributed by atoms with E-state index in [1.807, 2.05) is 0 Å². The fraction of sp³-hybridized carbons (Fsp3) is 0.667. The molecule has 5 heteroatoms. The van der Waals surface area contributed by atoms with Gasteiger partial charge in [-0.1, -0.05) is 39.2 Å². The van der Waals surface area contributed by atoms with Crippen LogP contribution in [0, 0.1) is 0 Å². The second-order valence-corrected chi connectivity index (χ2v) is 6.21. The molecule has 0 aliphatic carbocycles. The van der Waals surface area contributed by atoms with Gasteiger partial charge in [0.05, 0.1) is 15.2 Å². The minimum atomic E-state index is -1.13. The highest BCUT2D eigenvalue weighted by Gasteiger charge is 2.12. The monoisotopic (exact) mass is 258 g/mol. The zero-order valence-corrected chi connectivity index (χ0v) is 12.1. The predicted octanol–water partition coefficient (Wildman–Crippen LogP) is 1.68. The number of esters is 1. The Morgan fingerprint density at radius 2 is 2.00 bits per heavy atom. The zero-order chi connectivity index (χ0) is 13.1. The number of rotatable bonds is 9. The van der Waals surface area contributed by atoms with E-state index in [4.69, 9.17) is 9.84 Å². The van der Waals surface area contributed by atoms with Crippen LogP contribution in [0.5, 0.6) is 0 Å². The molecule has 0 aliphatic heterocycles. The standard InChI is InChI=1S/C12H22O4Si/c1-3-5-9-17-12(6-4-2)16-11(15)8-7-10(13)14/h7-8,12H,3-6,9,17H2,1-2H3,(H,13,14)/b8-7+. The summed E-state index contributed by atoms with van der Waals surface area (Å²) >= 11 is 0. The number of carbonyl (C=O) groups is 2. The number of unbranched alkanes of at least 4 members (excludes halogenated alkanes) is 1. The van der Waals surface area contributed by atoms with Gasteiger partial charge in [-0.25, -0.2) is 9.59 Å². The molecule has 17 heavy (non-hydrogen) atoms. The molecule has 0 aliphatic rings. The molecule has 1 atom stereocenters. The van der Waals surface area contributed by atoms with E-state index >= 15 is 0 Å². The van der Waals surface area contributed by atoms with Gasteiger partial charge in [0.25, 0.3) is 0 Å². The molecule has 0 amide bonds. The molecule has 0 saturated heterocycles. The summed E-state index contributed by atoms with van der Waals surface area (Å²) in [5, 5.41) is 8.39. The van der Waals surface area contributed by atoms with Crippen molar-refractivity contribution in [1.82, 2.24) is 0 Å². The first-order valence-corrected chi connectivity index (χ1v) is 8.03. The molecule has 0 fully saturated rings. The summed E-state index contributed by atoms with van der Waals surface area (Å²) in [6.45, 7) is 4.20. The molecule has 0 saturated carbocycles. The van der Waals surface area contributed by atoms with Crippen LogP contribution in [-0.2, 0) is 14.3 Å². The summed E-state index contributed by atoms with van der Waals surface area (Å²) in [5.74, 6) is -1.66. The van der Waals surface area contributed by atoms with E-state index in [9.17, 15) is 9.59 Å². The Hall–Kier alpha value is -1.10. The predicted molar refractivity (Wildman–Crippen MR) is 69.8 cm³/mol. The molecule has 0 spiro atoms. The average Bonchev–Trinajstić information content (AvgIpc) is 2.27. The van der Waals surface area contributed by atoms with E-state index in [1.54, 1.807) is 0 Å². The highest BCUT2D eigenvalue weighted by Crippen LogP contribution is 2.06. The summed E-state index contributed by atoms with van der Waals surface area (Å²) in [7, 11) is -0.400. The third-order valence-corrected chi connectivity index (χ3v) is 4.51. The third kappa shape index (κ3) is 9.80. The molecule has 4 nitrogen and oxygen atoms in total. The fourth-order valence-electron chi connectivity index (χ4n) is 1.55. The Kier molecular flexibility index (Phi) is 9.42. The van der Waals surface area contributed by atoms with Crippen molar-refractivity contribution < 1.29 is 19.4 Å². The van der Waals surface area contributed by atoms with Crippen LogP contribution in [0.4, 0.5) is 0 Å². The van der Waals surface area contributed by atoms with Crippen LogP contribution in [0.25, 0.3) is 0 Å². The maximum absolute atomic E-state index is 11.3. The summed E-state index contributed by atoms with van der Waals surface area (Å²) < 4.78 is 5.26. The number of carbonyl (C=O) groups excluding carboxylic acids is 1. The smallest absolute Gasteiger partial charge is 0.330 e. The lowest BCUT2D eigenvalue weighted by molar-refractivity contribution is -0.140. The van der Waals surface area contributed by atoms with Gasteiger partial charge >= 0.3 is 11.9 Å². The molecule has 0 aromatic rings. The minimum absolute atomic E-state index is 0.0532. The van der Waals surface area contributed by atoms with Gasteiger partial charge in [0.1, 0.15) is 0 Å². The first-order valence-electron chi connectivity index (χ1n) is 6.21. The van der Waals surface area contributed by atoms with Gasteiger partial charge in [-0.3, -0.25) is 0 Å². The first kappa shape index (κ1) is 15.9. The topological polar surface area (TPSA) is 63.6 Å².